The van der Waals surface area contributed by atoms with E-state index < -0.39 is 0 Å². The zero-order valence-corrected chi connectivity index (χ0v) is 15.3. The summed E-state index contributed by atoms with van der Waals surface area (Å²) in [5.41, 5.74) is 0.946. The van der Waals surface area contributed by atoms with E-state index in [-0.39, 0.29) is 41.5 Å². The van der Waals surface area contributed by atoms with E-state index in [2.05, 4.69) is 15.9 Å². The number of halogens is 1. The predicted octanol–water partition coefficient (Wildman–Crippen LogP) is 3.52. The third-order valence-electron chi connectivity index (χ3n) is 3.03. The summed E-state index contributed by atoms with van der Waals surface area (Å²) < 4.78 is 10.5. The molecule has 0 aliphatic heterocycles. The van der Waals surface area contributed by atoms with Crippen LogP contribution in [0.2, 0.25) is 0 Å². The molecule has 0 aliphatic carbocycles. The SMILES string of the molecule is CC(C)C(=O)OCc1cc(C(=O)CBr)ccc1OC(=O)C(C)C. The monoisotopic (exact) mass is 384 g/mol. The number of hydrogen-bond acceptors (Lipinski definition) is 5. The maximum absolute atomic E-state index is 11.8. The first-order chi connectivity index (χ1) is 10.8. The summed E-state index contributed by atoms with van der Waals surface area (Å²) in [4.78, 5) is 35.2. The van der Waals surface area contributed by atoms with Crippen LogP contribution in [0.15, 0.2) is 18.2 Å². The Bertz CT molecular complexity index is 593. The van der Waals surface area contributed by atoms with Crippen molar-refractivity contribution in [3.63, 3.8) is 0 Å². The number of Topliss-reactive ketones (excluding diaryl/α,β-unsaturated/α-hetero) is 1. The largest absolute Gasteiger partial charge is 0.460 e. The number of alkyl halides is 1. The summed E-state index contributed by atoms with van der Waals surface area (Å²) in [5, 5.41) is 0.184. The molecule has 1 aromatic carbocycles. The van der Waals surface area contributed by atoms with E-state index in [0.29, 0.717) is 16.9 Å². The number of hydrogen-bond donors (Lipinski definition) is 0. The maximum Gasteiger partial charge on any atom is 0.313 e. The molecule has 126 valence electrons. The normalized spacial score (nSPS) is 10.7. The number of esters is 2. The van der Waals surface area contributed by atoms with Gasteiger partial charge in [-0.25, -0.2) is 0 Å². The minimum absolute atomic E-state index is 0.0544. The molecule has 0 amide bonds. The molecule has 0 N–H and O–H groups in total. The number of benzene rings is 1. The van der Waals surface area contributed by atoms with Gasteiger partial charge in [-0.2, -0.15) is 0 Å². The lowest BCUT2D eigenvalue weighted by molar-refractivity contribution is -0.148. The summed E-state index contributed by atoms with van der Waals surface area (Å²) >= 11 is 3.11. The van der Waals surface area contributed by atoms with E-state index in [4.69, 9.17) is 9.47 Å². The molecule has 5 nitrogen and oxygen atoms in total. The van der Waals surface area contributed by atoms with Gasteiger partial charge in [-0.05, 0) is 18.2 Å². The Labute approximate surface area is 144 Å². The average molecular weight is 385 g/mol. The molecule has 6 heteroatoms. The van der Waals surface area contributed by atoms with Crippen molar-refractivity contribution in [3.05, 3.63) is 29.3 Å². The second-order valence-electron chi connectivity index (χ2n) is 5.72. The van der Waals surface area contributed by atoms with Crippen molar-refractivity contribution in [3.8, 4) is 5.75 Å². The predicted molar refractivity (Wildman–Crippen MR) is 89.7 cm³/mol. The van der Waals surface area contributed by atoms with Crippen LogP contribution in [-0.4, -0.2) is 23.1 Å². The Hall–Kier alpha value is -1.69. The van der Waals surface area contributed by atoms with Gasteiger partial charge in [-0.15, -0.1) is 0 Å². The smallest absolute Gasteiger partial charge is 0.313 e. The summed E-state index contributed by atoms with van der Waals surface area (Å²) in [7, 11) is 0. The quantitative estimate of drug-likeness (QED) is 0.311. The molecule has 0 bridgehead atoms. The number of rotatable bonds is 7. The molecule has 23 heavy (non-hydrogen) atoms. The van der Waals surface area contributed by atoms with Gasteiger partial charge in [0.25, 0.3) is 0 Å². The van der Waals surface area contributed by atoms with Crippen molar-refractivity contribution in [1.82, 2.24) is 0 Å². The van der Waals surface area contributed by atoms with Crippen LogP contribution in [-0.2, 0) is 20.9 Å². The Morgan fingerprint density at radius 2 is 1.65 bits per heavy atom. The highest BCUT2D eigenvalue weighted by Gasteiger charge is 2.17. The molecule has 0 fully saturated rings. The van der Waals surface area contributed by atoms with Crippen molar-refractivity contribution in [2.75, 3.05) is 5.33 Å². The van der Waals surface area contributed by atoms with Gasteiger partial charge >= 0.3 is 11.9 Å². The van der Waals surface area contributed by atoms with Crippen LogP contribution in [0.1, 0.15) is 43.6 Å². The van der Waals surface area contributed by atoms with Crippen LogP contribution in [0.5, 0.6) is 5.75 Å². The molecule has 0 atom stereocenters. The molecular formula is C17H21BrO5. The summed E-state index contributed by atoms with van der Waals surface area (Å²) in [5.74, 6) is -1.10. The highest BCUT2D eigenvalue weighted by atomic mass is 79.9. The van der Waals surface area contributed by atoms with Crippen LogP contribution < -0.4 is 4.74 Å². The molecule has 0 aromatic heterocycles. The second-order valence-corrected chi connectivity index (χ2v) is 6.28. The van der Waals surface area contributed by atoms with Gasteiger partial charge in [-0.1, -0.05) is 43.6 Å². The summed E-state index contributed by atoms with van der Waals surface area (Å²) in [6, 6.07) is 4.72. The molecule has 0 saturated heterocycles. The zero-order chi connectivity index (χ0) is 17.6. The van der Waals surface area contributed by atoms with E-state index in [1.807, 2.05) is 0 Å². The Kier molecular flexibility index (Phi) is 7.42. The Morgan fingerprint density at radius 3 is 2.17 bits per heavy atom. The van der Waals surface area contributed by atoms with E-state index in [1.165, 1.54) is 0 Å². The number of ether oxygens (including phenoxy) is 2. The lowest BCUT2D eigenvalue weighted by Crippen LogP contribution is -2.17. The maximum atomic E-state index is 11.8. The topological polar surface area (TPSA) is 69.7 Å². The van der Waals surface area contributed by atoms with Crippen molar-refractivity contribution in [2.24, 2.45) is 11.8 Å². The standard InChI is InChI=1S/C17H21BrO5/c1-10(2)16(20)22-9-13-7-12(14(19)8-18)5-6-15(13)23-17(21)11(3)4/h5-7,10-11H,8-9H2,1-4H3. The van der Waals surface area contributed by atoms with Gasteiger partial charge in [0.05, 0.1) is 17.2 Å². The van der Waals surface area contributed by atoms with E-state index >= 15 is 0 Å². The second kappa shape index (κ2) is 8.82. The van der Waals surface area contributed by atoms with Crippen LogP contribution in [0.4, 0.5) is 0 Å². The summed E-state index contributed by atoms with van der Waals surface area (Å²) in [6.07, 6.45) is 0. The van der Waals surface area contributed by atoms with Crippen molar-refractivity contribution >= 4 is 33.7 Å². The Morgan fingerprint density at radius 1 is 1.04 bits per heavy atom. The Balaban J connectivity index is 3.05. The highest BCUT2D eigenvalue weighted by Crippen LogP contribution is 2.23. The molecule has 0 unspecified atom stereocenters. The molecule has 0 spiro atoms. The van der Waals surface area contributed by atoms with Gasteiger partial charge in [0, 0.05) is 11.1 Å². The van der Waals surface area contributed by atoms with Crippen molar-refractivity contribution < 1.29 is 23.9 Å². The van der Waals surface area contributed by atoms with E-state index in [0.717, 1.165) is 0 Å². The molecule has 1 rings (SSSR count). The first-order valence-electron chi connectivity index (χ1n) is 7.36. The summed E-state index contributed by atoms with van der Waals surface area (Å²) in [6.45, 7) is 6.85. The highest BCUT2D eigenvalue weighted by molar-refractivity contribution is 9.09. The van der Waals surface area contributed by atoms with E-state index in [1.54, 1.807) is 45.9 Å². The van der Waals surface area contributed by atoms with Crippen molar-refractivity contribution in [1.29, 1.82) is 0 Å². The minimum Gasteiger partial charge on any atom is -0.460 e. The van der Waals surface area contributed by atoms with Gasteiger partial charge < -0.3 is 9.47 Å². The van der Waals surface area contributed by atoms with Crippen LogP contribution in [0.3, 0.4) is 0 Å². The molecule has 0 radical (unpaired) electrons. The molecule has 0 aliphatic rings. The first-order valence-corrected chi connectivity index (χ1v) is 8.48. The fourth-order valence-electron chi connectivity index (χ4n) is 1.58. The average Bonchev–Trinajstić information content (AvgIpc) is 2.52. The minimum atomic E-state index is -0.388. The van der Waals surface area contributed by atoms with Crippen LogP contribution in [0.25, 0.3) is 0 Å². The lowest BCUT2D eigenvalue weighted by Gasteiger charge is -2.14. The van der Waals surface area contributed by atoms with Gasteiger partial charge in [0.1, 0.15) is 12.4 Å². The molecule has 0 heterocycles. The number of ketones is 1. The first kappa shape index (κ1) is 19.4. The van der Waals surface area contributed by atoms with Crippen LogP contribution >= 0.6 is 15.9 Å². The van der Waals surface area contributed by atoms with Gasteiger partial charge in [0.2, 0.25) is 0 Å². The van der Waals surface area contributed by atoms with E-state index in [9.17, 15) is 14.4 Å². The molecule has 1 aromatic rings. The fourth-order valence-corrected chi connectivity index (χ4v) is 1.91. The molecular weight excluding hydrogens is 364 g/mol. The number of carbonyl (C=O) groups excluding carboxylic acids is 3. The number of carbonyl (C=O) groups is 3. The fraction of sp³-hybridized carbons (Fsp3) is 0.471. The zero-order valence-electron chi connectivity index (χ0n) is 13.7. The van der Waals surface area contributed by atoms with Gasteiger partial charge in [-0.3, -0.25) is 14.4 Å². The third-order valence-corrected chi connectivity index (χ3v) is 3.54. The van der Waals surface area contributed by atoms with Crippen LogP contribution in [0, 0.1) is 11.8 Å². The third kappa shape index (κ3) is 5.78. The van der Waals surface area contributed by atoms with Crippen molar-refractivity contribution in [2.45, 2.75) is 34.3 Å². The lowest BCUT2D eigenvalue weighted by atomic mass is 10.1. The molecule has 0 saturated carbocycles. The van der Waals surface area contributed by atoms with Gasteiger partial charge in [0.15, 0.2) is 5.78 Å².